The summed E-state index contributed by atoms with van der Waals surface area (Å²) in [6.45, 7) is 1.30. The van der Waals surface area contributed by atoms with Gasteiger partial charge in [-0.1, -0.05) is 18.2 Å². The van der Waals surface area contributed by atoms with E-state index in [2.05, 4.69) is 5.32 Å². The minimum absolute atomic E-state index is 0.0155. The van der Waals surface area contributed by atoms with Crippen molar-refractivity contribution in [3.05, 3.63) is 47.7 Å². The third kappa shape index (κ3) is 3.22. The van der Waals surface area contributed by atoms with Gasteiger partial charge in [-0.2, -0.15) is 4.31 Å². The lowest BCUT2D eigenvalue weighted by Crippen LogP contribution is -2.34. The van der Waals surface area contributed by atoms with Crippen LogP contribution in [-0.2, 0) is 16.4 Å². The number of nitrogens with zero attached hydrogens (tertiary/aromatic N) is 1. The number of ether oxygens (including phenoxy) is 1. The molecule has 1 unspecified atom stereocenters. The monoisotopic (exact) mass is 376 g/mol. The summed E-state index contributed by atoms with van der Waals surface area (Å²) in [5.41, 5.74) is 1.11. The fraction of sp³-hybridized carbons (Fsp3) is 0.389. The van der Waals surface area contributed by atoms with Crippen LogP contribution in [0.25, 0.3) is 0 Å². The third-order valence-corrected chi connectivity index (χ3v) is 6.44. The molecule has 2 aromatic rings. The van der Waals surface area contributed by atoms with Gasteiger partial charge in [0.15, 0.2) is 5.76 Å². The summed E-state index contributed by atoms with van der Waals surface area (Å²) in [5, 5.41) is 2.56. The van der Waals surface area contributed by atoms with Crippen LogP contribution >= 0.6 is 0 Å². The van der Waals surface area contributed by atoms with Gasteiger partial charge in [0, 0.05) is 19.5 Å². The highest BCUT2D eigenvalue weighted by molar-refractivity contribution is 7.89. The van der Waals surface area contributed by atoms with Crippen LogP contribution in [0, 0.1) is 0 Å². The average molecular weight is 376 g/mol. The number of sulfonamides is 1. The van der Waals surface area contributed by atoms with Crippen LogP contribution in [0.15, 0.2) is 45.9 Å². The predicted octanol–water partition coefficient (Wildman–Crippen LogP) is 1.80. The molecule has 26 heavy (non-hydrogen) atoms. The zero-order chi connectivity index (χ0) is 18.1. The van der Waals surface area contributed by atoms with E-state index in [9.17, 15) is 13.2 Å². The van der Waals surface area contributed by atoms with Gasteiger partial charge in [-0.25, -0.2) is 8.42 Å². The van der Waals surface area contributed by atoms with Gasteiger partial charge >= 0.3 is 0 Å². The molecule has 0 bridgehead atoms. The van der Waals surface area contributed by atoms with E-state index in [1.165, 1.54) is 16.4 Å². The standard InChI is InChI=1S/C18H20N2O5S/c21-18(19-12-14-11-13-5-1-2-6-15(13)24-14)16-7-8-17(25-16)26(22,23)20-9-3-4-10-20/h1-2,5-8,14H,3-4,9-12H2,(H,19,21). The van der Waals surface area contributed by atoms with Crippen LogP contribution in [0.3, 0.4) is 0 Å². The number of hydrogen-bond acceptors (Lipinski definition) is 5. The smallest absolute Gasteiger partial charge is 0.287 e. The Hall–Kier alpha value is -2.32. The molecule has 138 valence electrons. The van der Waals surface area contributed by atoms with Gasteiger partial charge in [0.1, 0.15) is 11.9 Å². The van der Waals surface area contributed by atoms with Gasteiger partial charge in [-0.05, 0) is 36.6 Å². The zero-order valence-electron chi connectivity index (χ0n) is 14.2. The fourth-order valence-corrected chi connectivity index (χ4v) is 4.73. The minimum atomic E-state index is -3.66. The summed E-state index contributed by atoms with van der Waals surface area (Å²) < 4.78 is 37.4. The van der Waals surface area contributed by atoms with Crippen LogP contribution in [0.1, 0.15) is 29.0 Å². The molecule has 1 fully saturated rings. The molecule has 1 atom stereocenters. The van der Waals surface area contributed by atoms with Crippen molar-refractivity contribution in [2.24, 2.45) is 0 Å². The quantitative estimate of drug-likeness (QED) is 0.860. The fourth-order valence-electron chi connectivity index (χ4n) is 3.30. The Labute approximate surface area is 152 Å². The Morgan fingerprint density at radius 1 is 1.15 bits per heavy atom. The van der Waals surface area contributed by atoms with Crippen molar-refractivity contribution in [1.29, 1.82) is 0 Å². The number of amides is 1. The predicted molar refractivity (Wildman–Crippen MR) is 93.6 cm³/mol. The summed E-state index contributed by atoms with van der Waals surface area (Å²) in [4.78, 5) is 12.3. The van der Waals surface area contributed by atoms with Crippen LogP contribution in [-0.4, -0.2) is 44.4 Å². The first kappa shape index (κ1) is 17.1. The highest BCUT2D eigenvalue weighted by atomic mass is 32.2. The van der Waals surface area contributed by atoms with E-state index in [4.69, 9.17) is 9.15 Å². The molecule has 1 aromatic heterocycles. The van der Waals surface area contributed by atoms with Crippen LogP contribution in [0.5, 0.6) is 5.75 Å². The molecular formula is C18H20N2O5S. The molecule has 2 aliphatic heterocycles. The summed E-state index contributed by atoms with van der Waals surface area (Å²) >= 11 is 0. The van der Waals surface area contributed by atoms with Crippen molar-refractivity contribution >= 4 is 15.9 Å². The highest BCUT2D eigenvalue weighted by Crippen LogP contribution is 2.28. The number of carbonyl (C=O) groups is 1. The van der Waals surface area contributed by atoms with Crippen molar-refractivity contribution in [1.82, 2.24) is 9.62 Å². The Morgan fingerprint density at radius 3 is 2.69 bits per heavy atom. The topological polar surface area (TPSA) is 88.8 Å². The molecule has 2 aliphatic rings. The second kappa shape index (κ2) is 6.77. The number of carbonyl (C=O) groups excluding carboxylic acids is 1. The van der Waals surface area contributed by atoms with Crippen molar-refractivity contribution in [2.45, 2.75) is 30.5 Å². The molecule has 7 nitrogen and oxygen atoms in total. The maximum absolute atomic E-state index is 12.4. The molecule has 4 rings (SSSR count). The van der Waals surface area contributed by atoms with Crippen molar-refractivity contribution in [2.75, 3.05) is 19.6 Å². The summed E-state index contributed by atoms with van der Waals surface area (Å²) in [7, 11) is -3.66. The van der Waals surface area contributed by atoms with Crippen molar-refractivity contribution < 1.29 is 22.4 Å². The molecule has 1 aromatic carbocycles. The second-order valence-corrected chi connectivity index (χ2v) is 8.36. The molecule has 0 saturated carbocycles. The molecular weight excluding hydrogens is 356 g/mol. The van der Waals surface area contributed by atoms with Gasteiger partial charge in [0.05, 0.1) is 6.54 Å². The minimum Gasteiger partial charge on any atom is -0.488 e. The van der Waals surface area contributed by atoms with Gasteiger partial charge in [0.2, 0.25) is 5.09 Å². The summed E-state index contributed by atoms with van der Waals surface area (Å²) in [6.07, 6.45) is 2.27. The van der Waals surface area contributed by atoms with Gasteiger partial charge in [0.25, 0.3) is 15.9 Å². The van der Waals surface area contributed by atoms with E-state index in [1.54, 1.807) is 0 Å². The normalized spacial score (nSPS) is 19.9. The number of rotatable bonds is 5. The molecule has 1 saturated heterocycles. The number of nitrogens with one attached hydrogen (secondary N) is 1. The first-order chi connectivity index (χ1) is 12.5. The van der Waals surface area contributed by atoms with Crippen LogP contribution < -0.4 is 10.1 Å². The van der Waals surface area contributed by atoms with Gasteiger partial charge in [-0.15, -0.1) is 0 Å². The lowest BCUT2D eigenvalue weighted by atomic mass is 10.1. The molecule has 3 heterocycles. The second-order valence-electron chi connectivity index (χ2n) is 6.49. The largest absolute Gasteiger partial charge is 0.488 e. The van der Waals surface area contributed by atoms with Gasteiger partial charge in [-0.3, -0.25) is 4.79 Å². The Morgan fingerprint density at radius 2 is 1.92 bits per heavy atom. The molecule has 1 N–H and O–H groups in total. The van der Waals surface area contributed by atoms with Crippen molar-refractivity contribution in [3.8, 4) is 5.75 Å². The lowest BCUT2D eigenvalue weighted by Gasteiger charge is -2.13. The van der Waals surface area contributed by atoms with E-state index in [1.807, 2.05) is 24.3 Å². The number of benzene rings is 1. The molecule has 8 heteroatoms. The van der Waals surface area contributed by atoms with E-state index in [0.29, 0.717) is 19.6 Å². The number of para-hydroxylation sites is 1. The zero-order valence-corrected chi connectivity index (χ0v) is 15.0. The number of hydrogen-bond donors (Lipinski definition) is 1. The SMILES string of the molecule is O=C(NCC1Cc2ccccc2O1)c1ccc(S(=O)(=O)N2CCCC2)o1. The molecule has 0 spiro atoms. The lowest BCUT2D eigenvalue weighted by molar-refractivity contribution is 0.0900. The van der Waals surface area contributed by atoms with E-state index in [0.717, 1.165) is 30.6 Å². The Balaban J connectivity index is 1.37. The van der Waals surface area contributed by atoms with E-state index < -0.39 is 15.9 Å². The molecule has 1 amide bonds. The molecule has 0 radical (unpaired) electrons. The molecule has 0 aliphatic carbocycles. The Kier molecular flexibility index (Phi) is 4.46. The third-order valence-electron chi connectivity index (χ3n) is 4.67. The van der Waals surface area contributed by atoms with Crippen molar-refractivity contribution in [3.63, 3.8) is 0 Å². The maximum Gasteiger partial charge on any atom is 0.287 e. The van der Waals surface area contributed by atoms with E-state index >= 15 is 0 Å². The highest BCUT2D eigenvalue weighted by Gasteiger charge is 2.31. The van der Waals surface area contributed by atoms with Crippen LogP contribution in [0.2, 0.25) is 0 Å². The average Bonchev–Trinajstić information content (AvgIpc) is 3.39. The number of fused-ring (bicyclic) bond motifs is 1. The van der Waals surface area contributed by atoms with Crippen LogP contribution in [0.4, 0.5) is 0 Å². The maximum atomic E-state index is 12.4. The summed E-state index contributed by atoms with van der Waals surface area (Å²) in [5.74, 6) is 0.370. The number of furan rings is 1. The van der Waals surface area contributed by atoms with Gasteiger partial charge < -0.3 is 14.5 Å². The first-order valence-electron chi connectivity index (χ1n) is 8.67. The summed E-state index contributed by atoms with van der Waals surface area (Å²) in [6, 6.07) is 10.5. The Bertz CT molecular complexity index is 890. The van der Waals surface area contributed by atoms with E-state index in [-0.39, 0.29) is 17.0 Å². The first-order valence-corrected chi connectivity index (χ1v) is 10.1.